The molecule has 5 nitrogen and oxygen atoms in total. The Morgan fingerprint density at radius 1 is 1.17 bits per heavy atom. The molecule has 0 spiro atoms. The summed E-state index contributed by atoms with van der Waals surface area (Å²) >= 11 is 1.64. The molecule has 1 aliphatic heterocycles. The standard InChI is InChI=1S/C17H16FN5S/c18-13-3-1-11(2-4-13)16-20-8-14(24-16)10-23-6-5-15-12(9-23)7-21-17(19)22-15/h1-4,7-8H,5-6,9-10H2,(H2,19,21,22). The van der Waals surface area contributed by atoms with Crippen molar-refractivity contribution in [3.8, 4) is 10.6 Å². The van der Waals surface area contributed by atoms with Gasteiger partial charge in [-0.05, 0) is 24.3 Å². The number of hydrogen-bond acceptors (Lipinski definition) is 6. The van der Waals surface area contributed by atoms with Crippen LogP contribution in [-0.2, 0) is 19.5 Å². The van der Waals surface area contributed by atoms with Gasteiger partial charge in [-0.3, -0.25) is 4.90 Å². The molecule has 0 bridgehead atoms. The molecule has 122 valence electrons. The highest BCUT2D eigenvalue weighted by Gasteiger charge is 2.19. The molecule has 3 heterocycles. The minimum Gasteiger partial charge on any atom is -0.368 e. The zero-order valence-corrected chi connectivity index (χ0v) is 13.8. The van der Waals surface area contributed by atoms with Crippen LogP contribution in [0.3, 0.4) is 0 Å². The van der Waals surface area contributed by atoms with Gasteiger partial charge < -0.3 is 5.73 Å². The van der Waals surface area contributed by atoms with E-state index < -0.39 is 0 Å². The predicted octanol–water partition coefficient (Wildman–Crippen LogP) is 2.88. The van der Waals surface area contributed by atoms with Crippen LogP contribution in [0.15, 0.2) is 36.7 Å². The minimum atomic E-state index is -0.231. The van der Waals surface area contributed by atoms with Crippen molar-refractivity contribution in [1.82, 2.24) is 19.9 Å². The van der Waals surface area contributed by atoms with Gasteiger partial charge in [0.25, 0.3) is 0 Å². The molecule has 0 saturated heterocycles. The van der Waals surface area contributed by atoms with E-state index in [4.69, 9.17) is 5.73 Å². The van der Waals surface area contributed by atoms with E-state index in [1.54, 1.807) is 23.5 Å². The van der Waals surface area contributed by atoms with E-state index in [9.17, 15) is 4.39 Å². The molecule has 2 N–H and O–H groups in total. The summed E-state index contributed by atoms with van der Waals surface area (Å²) in [5.74, 6) is 0.110. The van der Waals surface area contributed by atoms with Gasteiger partial charge in [0.05, 0.1) is 5.69 Å². The van der Waals surface area contributed by atoms with Crippen LogP contribution >= 0.6 is 11.3 Å². The highest BCUT2D eigenvalue weighted by atomic mass is 32.1. The summed E-state index contributed by atoms with van der Waals surface area (Å²) < 4.78 is 13.0. The Morgan fingerprint density at radius 3 is 2.83 bits per heavy atom. The SMILES string of the molecule is Nc1ncc2c(n1)CCN(Cc1cnc(-c3ccc(F)cc3)s1)C2. The third kappa shape index (κ3) is 3.13. The Balaban J connectivity index is 1.47. The molecule has 0 aliphatic carbocycles. The summed E-state index contributed by atoms with van der Waals surface area (Å²) in [6.45, 7) is 2.59. The number of aromatic nitrogens is 3. The summed E-state index contributed by atoms with van der Waals surface area (Å²) in [5.41, 5.74) is 8.78. The lowest BCUT2D eigenvalue weighted by atomic mass is 10.1. The number of hydrogen-bond donors (Lipinski definition) is 1. The molecule has 1 aliphatic rings. The molecule has 0 amide bonds. The second-order valence-electron chi connectivity index (χ2n) is 5.80. The van der Waals surface area contributed by atoms with Crippen LogP contribution in [0.4, 0.5) is 10.3 Å². The molecular formula is C17H16FN5S. The maximum absolute atomic E-state index is 13.0. The van der Waals surface area contributed by atoms with Gasteiger partial charge in [-0.15, -0.1) is 11.3 Å². The predicted molar refractivity (Wildman–Crippen MR) is 91.8 cm³/mol. The van der Waals surface area contributed by atoms with Crippen LogP contribution in [-0.4, -0.2) is 26.4 Å². The van der Waals surface area contributed by atoms with Gasteiger partial charge >= 0.3 is 0 Å². The van der Waals surface area contributed by atoms with E-state index in [2.05, 4.69) is 19.9 Å². The van der Waals surface area contributed by atoms with Gasteiger partial charge in [0, 0.05) is 54.5 Å². The van der Waals surface area contributed by atoms with Crippen molar-refractivity contribution >= 4 is 17.3 Å². The van der Waals surface area contributed by atoms with Gasteiger partial charge in [-0.1, -0.05) is 0 Å². The molecule has 24 heavy (non-hydrogen) atoms. The summed E-state index contributed by atoms with van der Waals surface area (Å²) in [6, 6.07) is 6.45. The molecule has 1 aromatic carbocycles. The highest BCUT2D eigenvalue weighted by molar-refractivity contribution is 7.15. The van der Waals surface area contributed by atoms with E-state index in [0.29, 0.717) is 5.95 Å². The summed E-state index contributed by atoms with van der Waals surface area (Å²) in [6.07, 6.45) is 4.60. The van der Waals surface area contributed by atoms with Crippen LogP contribution in [0.25, 0.3) is 10.6 Å². The Hall–Kier alpha value is -2.38. The van der Waals surface area contributed by atoms with Crippen molar-refractivity contribution in [3.05, 3.63) is 58.6 Å². The van der Waals surface area contributed by atoms with Gasteiger partial charge in [0.2, 0.25) is 5.95 Å². The monoisotopic (exact) mass is 341 g/mol. The van der Waals surface area contributed by atoms with Gasteiger partial charge in [-0.2, -0.15) is 0 Å². The number of benzene rings is 1. The van der Waals surface area contributed by atoms with Crippen molar-refractivity contribution in [2.24, 2.45) is 0 Å². The number of fused-ring (bicyclic) bond motifs is 1. The molecule has 7 heteroatoms. The average molecular weight is 341 g/mol. The Kier molecular flexibility index (Phi) is 3.95. The van der Waals surface area contributed by atoms with Crippen molar-refractivity contribution < 1.29 is 4.39 Å². The first-order valence-corrected chi connectivity index (χ1v) is 8.52. The van der Waals surface area contributed by atoms with Gasteiger partial charge in [-0.25, -0.2) is 19.3 Å². The lowest BCUT2D eigenvalue weighted by molar-refractivity contribution is 0.245. The first-order chi connectivity index (χ1) is 11.7. The van der Waals surface area contributed by atoms with Crippen LogP contribution < -0.4 is 5.73 Å². The summed E-state index contributed by atoms with van der Waals surface area (Å²) in [4.78, 5) is 16.4. The first kappa shape index (κ1) is 15.2. The average Bonchev–Trinajstić information content (AvgIpc) is 3.04. The number of nitrogen functional groups attached to an aromatic ring is 1. The van der Waals surface area contributed by atoms with Crippen LogP contribution in [0.1, 0.15) is 16.1 Å². The fourth-order valence-corrected chi connectivity index (χ4v) is 3.81. The molecule has 3 aromatic rings. The van der Waals surface area contributed by atoms with Gasteiger partial charge in [0.1, 0.15) is 10.8 Å². The second-order valence-corrected chi connectivity index (χ2v) is 6.91. The number of rotatable bonds is 3. The number of thiazole rings is 1. The van der Waals surface area contributed by atoms with Crippen LogP contribution in [0.5, 0.6) is 0 Å². The van der Waals surface area contributed by atoms with E-state index in [-0.39, 0.29) is 5.82 Å². The third-order valence-corrected chi connectivity index (χ3v) is 5.09. The zero-order chi connectivity index (χ0) is 16.5. The zero-order valence-electron chi connectivity index (χ0n) is 12.9. The molecule has 0 saturated carbocycles. The Labute approximate surface area is 143 Å². The number of nitrogens with two attached hydrogens (primary N) is 1. The molecular weight excluding hydrogens is 325 g/mol. The van der Waals surface area contributed by atoms with E-state index in [1.165, 1.54) is 17.0 Å². The third-order valence-electron chi connectivity index (χ3n) is 4.06. The van der Waals surface area contributed by atoms with Crippen LogP contribution in [0.2, 0.25) is 0 Å². The van der Waals surface area contributed by atoms with Crippen molar-refractivity contribution in [2.75, 3.05) is 12.3 Å². The fraction of sp³-hybridized carbons (Fsp3) is 0.235. The normalized spacial score (nSPS) is 14.5. The molecule has 0 atom stereocenters. The quantitative estimate of drug-likeness (QED) is 0.793. The van der Waals surface area contributed by atoms with Crippen molar-refractivity contribution in [1.29, 1.82) is 0 Å². The number of halogens is 1. The Morgan fingerprint density at radius 2 is 2.00 bits per heavy atom. The van der Waals surface area contributed by atoms with Crippen molar-refractivity contribution in [2.45, 2.75) is 19.5 Å². The second kappa shape index (κ2) is 6.26. The lowest BCUT2D eigenvalue weighted by Crippen LogP contribution is -2.30. The van der Waals surface area contributed by atoms with E-state index in [0.717, 1.165) is 47.9 Å². The Bertz CT molecular complexity index is 862. The summed E-state index contributed by atoms with van der Waals surface area (Å²) in [5, 5.41) is 0.915. The molecule has 0 fully saturated rings. The smallest absolute Gasteiger partial charge is 0.220 e. The molecule has 2 aromatic heterocycles. The van der Waals surface area contributed by atoms with E-state index >= 15 is 0 Å². The number of anilines is 1. The maximum atomic E-state index is 13.0. The maximum Gasteiger partial charge on any atom is 0.220 e. The van der Waals surface area contributed by atoms with Crippen LogP contribution in [0, 0.1) is 5.82 Å². The van der Waals surface area contributed by atoms with Crippen molar-refractivity contribution in [3.63, 3.8) is 0 Å². The highest BCUT2D eigenvalue weighted by Crippen LogP contribution is 2.27. The topological polar surface area (TPSA) is 67.9 Å². The minimum absolute atomic E-state index is 0.231. The first-order valence-electron chi connectivity index (χ1n) is 7.70. The molecule has 0 radical (unpaired) electrons. The van der Waals surface area contributed by atoms with Gasteiger partial charge in [0.15, 0.2) is 0 Å². The van der Waals surface area contributed by atoms with E-state index in [1.807, 2.05) is 12.4 Å². The molecule has 4 rings (SSSR count). The summed E-state index contributed by atoms with van der Waals surface area (Å²) in [7, 11) is 0. The lowest BCUT2D eigenvalue weighted by Gasteiger charge is -2.27. The largest absolute Gasteiger partial charge is 0.368 e. The molecule has 0 unspecified atom stereocenters. The fourth-order valence-electron chi connectivity index (χ4n) is 2.85. The number of nitrogens with zero attached hydrogens (tertiary/aromatic N) is 4.